The van der Waals surface area contributed by atoms with Gasteiger partial charge in [0.2, 0.25) is 4.96 Å². The summed E-state index contributed by atoms with van der Waals surface area (Å²) in [6.45, 7) is 5.19. The lowest BCUT2D eigenvalue weighted by molar-refractivity contribution is 0.192. The van der Waals surface area contributed by atoms with Crippen LogP contribution in [0.1, 0.15) is 54.9 Å². The maximum Gasteiger partial charge on any atom is 0.318 e. The molecule has 0 saturated carbocycles. The third-order valence-corrected chi connectivity index (χ3v) is 5.97. The maximum atomic E-state index is 12.7. The van der Waals surface area contributed by atoms with Gasteiger partial charge in [-0.1, -0.05) is 55.5 Å². The van der Waals surface area contributed by atoms with E-state index in [1.807, 2.05) is 49.1 Å². The first-order valence-electron chi connectivity index (χ1n) is 9.52. The number of amides is 2. The largest absolute Gasteiger partial charge is 0.334 e. The topological polar surface area (TPSA) is 79.6 Å². The van der Waals surface area contributed by atoms with Crippen LogP contribution >= 0.6 is 11.3 Å². The fourth-order valence-corrected chi connectivity index (χ4v) is 4.47. The van der Waals surface area contributed by atoms with E-state index in [0.29, 0.717) is 18.1 Å². The summed E-state index contributed by atoms with van der Waals surface area (Å²) >= 11 is 1.39. The van der Waals surface area contributed by atoms with Gasteiger partial charge in [-0.15, -0.1) is 0 Å². The van der Waals surface area contributed by atoms with Crippen LogP contribution in [0.25, 0.3) is 4.96 Å². The molecule has 1 unspecified atom stereocenters. The Morgan fingerprint density at radius 2 is 2.11 bits per heavy atom. The van der Waals surface area contributed by atoms with Crippen molar-refractivity contribution in [2.45, 2.75) is 45.2 Å². The molecule has 0 bridgehead atoms. The highest BCUT2D eigenvalue weighted by molar-refractivity contribution is 7.16. The number of benzene rings is 1. The number of carbonyl (C=O) groups excluding carboxylic acids is 1. The lowest BCUT2D eigenvalue weighted by Gasteiger charge is -2.23. The lowest BCUT2D eigenvalue weighted by Crippen LogP contribution is -2.39. The van der Waals surface area contributed by atoms with Gasteiger partial charge in [-0.05, 0) is 24.3 Å². The molecular weight excluding hydrogens is 374 g/mol. The highest BCUT2D eigenvalue weighted by Gasteiger charge is 2.32. The monoisotopic (exact) mass is 397 g/mol. The van der Waals surface area contributed by atoms with Gasteiger partial charge in [0.1, 0.15) is 5.01 Å². The third-order valence-electron chi connectivity index (χ3n) is 4.96. The van der Waals surface area contributed by atoms with Gasteiger partial charge in [0.25, 0.3) is 5.56 Å². The molecule has 1 aliphatic heterocycles. The zero-order chi connectivity index (χ0) is 19.7. The second-order valence-electron chi connectivity index (χ2n) is 7.30. The molecule has 1 saturated heterocycles. The normalized spacial score (nSPS) is 16.8. The summed E-state index contributed by atoms with van der Waals surface area (Å²) in [5.41, 5.74) is 1.65. The predicted molar refractivity (Wildman–Crippen MR) is 109 cm³/mol. The van der Waals surface area contributed by atoms with Gasteiger partial charge in [-0.25, -0.2) is 9.78 Å². The average molecular weight is 398 g/mol. The summed E-state index contributed by atoms with van der Waals surface area (Å²) in [5, 5.41) is 8.24. The Bertz CT molecular complexity index is 1040. The molecule has 146 valence electrons. The number of urea groups is 1. The van der Waals surface area contributed by atoms with Crippen molar-refractivity contribution in [3.05, 3.63) is 63.0 Å². The number of nitrogens with one attached hydrogen (secondary N) is 1. The minimum Gasteiger partial charge on any atom is -0.334 e. The van der Waals surface area contributed by atoms with E-state index in [4.69, 9.17) is 0 Å². The van der Waals surface area contributed by atoms with Gasteiger partial charge in [0.15, 0.2) is 0 Å². The van der Waals surface area contributed by atoms with Crippen molar-refractivity contribution in [1.29, 1.82) is 0 Å². The van der Waals surface area contributed by atoms with E-state index in [0.717, 1.165) is 29.1 Å². The van der Waals surface area contributed by atoms with Gasteiger partial charge >= 0.3 is 6.03 Å². The molecule has 2 amide bonds. The Morgan fingerprint density at radius 3 is 2.86 bits per heavy atom. The number of likely N-dealkylation sites (tertiary alicyclic amines) is 1. The summed E-state index contributed by atoms with van der Waals surface area (Å²) in [4.78, 5) is 32.1. The molecule has 1 aromatic carbocycles. The van der Waals surface area contributed by atoms with Crippen LogP contribution < -0.4 is 10.9 Å². The molecule has 3 aromatic rings. The minimum absolute atomic E-state index is 0.103. The number of nitrogens with zero attached hydrogens (tertiary/aromatic N) is 4. The van der Waals surface area contributed by atoms with Gasteiger partial charge in [0.05, 0.1) is 11.7 Å². The number of carbonyl (C=O) groups is 1. The minimum atomic E-state index is -0.172. The van der Waals surface area contributed by atoms with Crippen molar-refractivity contribution < 1.29 is 4.79 Å². The molecule has 0 radical (unpaired) electrons. The second-order valence-corrected chi connectivity index (χ2v) is 8.29. The molecule has 1 aliphatic rings. The first kappa shape index (κ1) is 18.6. The Kier molecular flexibility index (Phi) is 5.13. The summed E-state index contributed by atoms with van der Waals surface area (Å²) in [5.74, 6) is 0.176. The first-order chi connectivity index (χ1) is 13.5. The van der Waals surface area contributed by atoms with Crippen molar-refractivity contribution in [3.8, 4) is 0 Å². The van der Waals surface area contributed by atoms with Crippen LogP contribution in [-0.2, 0) is 6.54 Å². The molecule has 1 atom stereocenters. The molecular formula is C20H23N5O2S. The van der Waals surface area contributed by atoms with E-state index in [-0.39, 0.29) is 23.6 Å². The second kappa shape index (κ2) is 7.71. The highest BCUT2D eigenvalue weighted by Crippen LogP contribution is 2.34. The quantitative estimate of drug-likeness (QED) is 0.732. The first-order valence-corrected chi connectivity index (χ1v) is 10.3. The summed E-state index contributed by atoms with van der Waals surface area (Å²) in [7, 11) is 0. The predicted octanol–water partition coefficient (Wildman–Crippen LogP) is 3.32. The number of rotatable bonds is 4. The summed E-state index contributed by atoms with van der Waals surface area (Å²) in [6.07, 6.45) is 1.75. The zero-order valence-corrected chi connectivity index (χ0v) is 16.8. The van der Waals surface area contributed by atoms with Gasteiger partial charge in [0, 0.05) is 19.2 Å². The van der Waals surface area contributed by atoms with E-state index in [2.05, 4.69) is 15.4 Å². The van der Waals surface area contributed by atoms with Crippen LogP contribution in [0.15, 0.2) is 41.2 Å². The Hall–Kier alpha value is -2.74. The fraction of sp³-hybridized carbons (Fsp3) is 0.400. The van der Waals surface area contributed by atoms with Crippen molar-refractivity contribution in [3.63, 3.8) is 0 Å². The van der Waals surface area contributed by atoms with Crippen molar-refractivity contribution >= 4 is 22.3 Å². The Labute approximate surface area is 167 Å². The SMILES string of the molecule is CC(C)c1cc(=O)n2nc(C3CCCN3C(=O)NCc3ccccc3)sc2n1. The van der Waals surface area contributed by atoms with E-state index in [1.54, 1.807) is 6.07 Å². The van der Waals surface area contributed by atoms with Gasteiger partial charge in [-0.2, -0.15) is 9.61 Å². The Morgan fingerprint density at radius 1 is 1.32 bits per heavy atom. The molecule has 0 spiro atoms. The highest BCUT2D eigenvalue weighted by atomic mass is 32.1. The number of aromatic nitrogens is 3. The van der Waals surface area contributed by atoms with E-state index < -0.39 is 0 Å². The van der Waals surface area contributed by atoms with Crippen LogP contribution in [0, 0.1) is 0 Å². The summed E-state index contributed by atoms with van der Waals surface area (Å²) < 4.78 is 1.35. The van der Waals surface area contributed by atoms with E-state index in [1.165, 1.54) is 15.9 Å². The van der Waals surface area contributed by atoms with Crippen molar-refractivity contribution in [2.75, 3.05) is 6.54 Å². The summed E-state index contributed by atoms with van der Waals surface area (Å²) in [6, 6.07) is 11.2. The van der Waals surface area contributed by atoms with Gasteiger partial charge < -0.3 is 10.2 Å². The zero-order valence-electron chi connectivity index (χ0n) is 16.0. The van der Waals surface area contributed by atoms with E-state index in [9.17, 15) is 9.59 Å². The standard InChI is InChI=1S/C20H23N5O2S/c1-13(2)15-11-17(26)25-20(22-15)28-18(23-25)16-9-6-10-24(16)19(27)21-12-14-7-4-3-5-8-14/h3-5,7-8,11,13,16H,6,9-10,12H2,1-2H3,(H,21,27). The number of hydrogen-bond acceptors (Lipinski definition) is 5. The molecule has 4 rings (SSSR count). The van der Waals surface area contributed by atoms with Crippen LogP contribution in [0.5, 0.6) is 0 Å². The lowest BCUT2D eigenvalue weighted by atomic mass is 10.1. The van der Waals surface area contributed by atoms with Crippen molar-refractivity contribution in [2.24, 2.45) is 0 Å². The molecule has 1 N–H and O–H groups in total. The van der Waals surface area contributed by atoms with Crippen LogP contribution in [-0.4, -0.2) is 32.1 Å². The average Bonchev–Trinajstić information content (AvgIpc) is 3.33. The maximum absolute atomic E-state index is 12.7. The molecule has 28 heavy (non-hydrogen) atoms. The molecule has 2 aromatic heterocycles. The Balaban J connectivity index is 1.55. The smallest absolute Gasteiger partial charge is 0.318 e. The molecule has 0 aliphatic carbocycles. The van der Waals surface area contributed by atoms with Crippen LogP contribution in [0.4, 0.5) is 4.79 Å². The molecule has 8 heteroatoms. The third kappa shape index (κ3) is 3.64. The number of fused-ring (bicyclic) bond motifs is 1. The molecule has 3 heterocycles. The van der Waals surface area contributed by atoms with E-state index >= 15 is 0 Å². The van der Waals surface area contributed by atoms with Crippen LogP contribution in [0.2, 0.25) is 0 Å². The van der Waals surface area contributed by atoms with Crippen LogP contribution in [0.3, 0.4) is 0 Å². The van der Waals surface area contributed by atoms with Crippen molar-refractivity contribution in [1.82, 2.24) is 24.8 Å². The molecule has 1 fully saturated rings. The number of hydrogen-bond donors (Lipinski definition) is 1. The fourth-order valence-electron chi connectivity index (χ4n) is 3.41. The van der Waals surface area contributed by atoms with Gasteiger partial charge in [-0.3, -0.25) is 4.79 Å². The molecule has 7 nitrogen and oxygen atoms in total.